The second kappa shape index (κ2) is 5.62. The van der Waals surface area contributed by atoms with Gasteiger partial charge in [0.15, 0.2) is 0 Å². The summed E-state index contributed by atoms with van der Waals surface area (Å²) in [7, 11) is 0. The Morgan fingerprint density at radius 3 is 2.37 bits per heavy atom. The predicted octanol–water partition coefficient (Wildman–Crippen LogP) is 5.02. The molecule has 100 valence electrons. The summed E-state index contributed by atoms with van der Waals surface area (Å²) in [5, 5.41) is 3.65. The van der Waals surface area contributed by atoms with Gasteiger partial charge in [-0.05, 0) is 61.2 Å². The Morgan fingerprint density at radius 2 is 1.68 bits per heavy atom. The lowest BCUT2D eigenvalue weighted by Gasteiger charge is -2.12. The van der Waals surface area contributed by atoms with Crippen LogP contribution in [-0.2, 0) is 6.54 Å². The minimum Gasteiger partial charge on any atom is -0.380 e. The van der Waals surface area contributed by atoms with Crippen LogP contribution in [0.15, 0.2) is 30.3 Å². The van der Waals surface area contributed by atoms with E-state index in [-0.39, 0.29) is 5.82 Å². The quantitative estimate of drug-likeness (QED) is 0.831. The van der Waals surface area contributed by atoms with Gasteiger partial charge < -0.3 is 5.32 Å². The molecule has 3 heteroatoms. The third kappa shape index (κ3) is 3.27. The number of aryl methyl sites for hydroxylation is 3. The molecule has 1 nitrogen and oxygen atoms in total. The molecular weight excluding hydrogens is 261 g/mol. The zero-order valence-corrected chi connectivity index (χ0v) is 12.1. The highest BCUT2D eigenvalue weighted by atomic mass is 35.5. The SMILES string of the molecule is Cc1cc(C)c(CNc2ccc(F)cc2Cl)cc1C. The second-order valence-corrected chi connectivity index (χ2v) is 5.25. The molecule has 0 amide bonds. The normalized spacial score (nSPS) is 10.6. The van der Waals surface area contributed by atoms with E-state index in [0.29, 0.717) is 11.6 Å². The molecule has 0 aromatic heterocycles. The van der Waals surface area contributed by atoms with E-state index in [1.807, 2.05) is 0 Å². The van der Waals surface area contributed by atoms with Crippen molar-refractivity contribution < 1.29 is 4.39 Å². The first-order chi connectivity index (χ1) is 8.97. The van der Waals surface area contributed by atoms with Crippen molar-refractivity contribution >= 4 is 17.3 Å². The summed E-state index contributed by atoms with van der Waals surface area (Å²) < 4.78 is 13.0. The van der Waals surface area contributed by atoms with E-state index in [9.17, 15) is 4.39 Å². The molecule has 0 aliphatic rings. The predicted molar refractivity (Wildman–Crippen MR) is 79.4 cm³/mol. The first-order valence-electron chi connectivity index (χ1n) is 6.23. The van der Waals surface area contributed by atoms with Crippen molar-refractivity contribution in [1.29, 1.82) is 0 Å². The molecule has 2 rings (SSSR count). The Morgan fingerprint density at radius 1 is 1.00 bits per heavy atom. The number of hydrogen-bond donors (Lipinski definition) is 1. The molecule has 2 aromatic rings. The monoisotopic (exact) mass is 277 g/mol. The molecular formula is C16H17ClFN. The van der Waals surface area contributed by atoms with Crippen molar-refractivity contribution in [2.45, 2.75) is 27.3 Å². The molecule has 19 heavy (non-hydrogen) atoms. The van der Waals surface area contributed by atoms with Gasteiger partial charge in [0.25, 0.3) is 0 Å². The molecule has 0 spiro atoms. The highest BCUT2D eigenvalue weighted by Crippen LogP contribution is 2.24. The van der Waals surface area contributed by atoms with Gasteiger partial charge in [-0.15, -0.1) is 0 Å². The van der Waals surface area contributed by atoms with Gasteiger partial charge in [-0.3, -0.25) is 0 Å². The van der Waals surface area contributed by atoms with Gasteiger partial charge in [-0.1, -0.05) is 23.7 Å². The van der Waals surface area contributed by atoms with Crippen LogP contribution in [0, 0.1) is 26.6 Å². The molecule has 0 aliphatic heterocycles. The summed E-state index contributed by atoms with van der Waals surface area (Å²) in [5.74, 6) is -0.321. The van der Waals surface area contributed by atoms with Gasteiger partial charge >= 0.3 is 0 Å². The minimum absolute atomic E-state index is 0.321. The van der Waals surface area contributed by atoms with E-state index in [1.165, 1.54) is 34.4 Å². The smallest absolute Gasteiger partial charge is 0.124 e. The number of benzene rings is 2. The molecule has 0 radical (unpaired) electrons. The molecule has 0 saturated heterocycles. The van der Waals surface area contributed by atoms with E-state index >= 15 is 0 Å². The van der Waals surface area contributed by atoms with E-state index < -0.39 is 0 Å². The molecule has 0 bridgehead atoms. The van der Waals surface area contributed by atoms with Gasteiger partial charge in [-0.25, -0.2) is 4.39 Å². The number of anilines is 1. The highest BCUT2D eigenvalue weighted by Gasteiger charge is 2.04. The standard InChI is InChI=1S/C16H17ClFN/c1-10-6-12(3)13(7-11(10)2)9-19-16-5-4-14(18)8-15(16)17/h4-8,19H,9H2,1-3H3. The maximum Gasteiger partial charge on any atom is 0.124 e. The van der Waals surface area contributed by atoms with Crippen LogP contribution >= 0.6 is 11.6 Å². The van der Waals surface area contributed by atoms with Gasteiger partial charge in [0.1, 0.15) is 5.82 Å². The summed E-state index contributed by atoms with van der Waals surface area (Å²) >= 11 is 5.99. The summed E-state index contributed by atoms with van der Waals surface area (Å²) in [5.41, 5.74) is 5.78. The van der Waals surface area contributed by atoms with Crippen LogP contribution in [0.4, 0.5) is 10.1 Å². The summed E-state index contributed by atoms with van der Waals surface area (Å²) in [4.78, 5) is 0. The molecule has 0 fully saturated rings. The fourth-order valence-electron chi connectivity index (χ4n) is 2.03. The van der Waals surface area contributed by atoms with Crippen molar-refractivity contribution in [3.8, 4) is 0 Å². The van der Waals surface area contributed by atoms with Gasteiger partial charge in [0.2, 0.25) is 0 Å². The third-order valence-corrected chi connectivity index (χ3v) is 3.67. The van der Waals surface area contributed by atoms with Gasteiger partial charge in [0, 0.05) is 6.54 Å². The molecule has 0 unspecified atom stereocenters. The first kappa shape index (κ1) is 13.9. The Kier molecular flexibility index (Phi) is 4.11. The number of rotatable bonds is 3. The zero-order valence-electron chi connectivity index (χ0n) is 11.3. The van der Waals surface area contributed by atoms with Crippen LogP contribution in [0.2, 0.25) is 5.02 Å². The largest absolute Gasteiger partial charge is 0.380 e. The van der Waals surface area contributed by atoms with E-state index in [4.69, 9.17) is 11.6 Å². The number of nitrogens with one attached hydrogen (secondary N) is 1. The van der Waals surface area contributed by atoms with E-state index in [2.05, 4.69) is 38.2 Å². The van der Waals surface area contributed by atoms with Crippen molar-refractivity contribution in [2.75, 3.05) is 5.32 Å². The van der Waals surface area contributed by atoms with E-state index in [0.717, 1.165) is 5.69 Å². The summed E-state index contributed by atoms with van der Waals surface area (Å²) in [6, 6.07) is 8.74. The zero-order chi connectivity index (χ0) is 14.0. The average molecular weight is 278 g/mol. The molecule has 0 heterocycles. The van der Waals surface area contributed by atoms with Crippen molar-refractivity contribution in [3.05, 3.63) is 63.4 Å². The second-order valence-electron chi connectivity index (χ2n) is 4.84. The van der Waals surface area contributed by atoms with Gasteiger partial charge in [0.05, 0.1) is 10.7 Å². The fraction of sp³-hybridized carbons (Fsp3) is 0.250. The summed E-state index contributed by atoms with van der Waals surface area (Å²) in [6.07, 6.45) is 0. The van der Waals surface area contributed by atoms with Crippen LogP contribution < -0.4 is 5.32 Å². The Bertz CT molecular complexity index is 608. The number of hydrogen-bond acceptors (Lipinski definition) is 1. The lowest BCUT2D eigenvalue weighted by molar-refractivity contribution is 0.628. The lowest BCUT2D eigenvalue weighted by Crippen LogP contribution is -2.03. The van der Waals surface area contributed by atoms with Crippen LogP contribution in [0.1, 0.15) is 22.3 Å². The Labute approximate surface area is 118 Å². The minimum atomic E-state index is -0.321. The van der Waals surface area contributed by atoms with Crippen molar-refractivity contribution in [1.82, 2.24) is 0 Å². The topological polar surface area (TPSA) is 12.0 Å². The summed E-state index contributed by atoms with van der Waals surface area (Å²) in [6.45, 7) is 6.98. The first-order valence-corrected chi connectivity index (χ1v) is 6.61. The molecule has 1 N–H and O–H groups in total. The van der Waals surface area contributed by atoms with Crippen LogP contribution in [-0.4, -0.2) is 0 Å². The maximum atomic E-state index is 13.0. The third-order valence-electron chi connectivity index (χ3n) is 3.35. The van der Waals surface area contributed by atoms with Gasteiger partial charge in [-0.2, -0.15) is 0 Å². The maximum absolute atomic E-state index is 13.0. The fourth-order valence-corrected chi connectivity index (χ4v) is 2.27. The van der Waals surface area contributed by atoms with Crippen LogP contribution in [0.25, 0.3) is 0 Å². The van der Waals surface area contributed by atoms with E-state index in [1.54, 1.807) is 6.07 Å². The van der Waals surface area contributed by atoms with Crippen molar-refractivity contribution in [2.24, 2.45) is 0 Å². The molecule has 0 aliphatic carbocycles. The number of halogens is 2. The Balaban J connectivity index is 2.16. The van der Waals surface area contributed by atoms with Crippen LogP contribution in [0.5, 0.6) is 0 Å². The molecule has 0 saturated carbocycles. The lowest BCUT2D eigenvalue weighted by atomic mass is 10.0. The highest BCUT2D eigenvalue weighted by molar-refractivity contribution is 6.33. The Hall–Kier alpha value is -1.54. The molecule has 2 aromatic carbocycles. The van der Waals surface area contributed by atoms with Crippen molar-refractivity contribution in [3.63, 3.8) is 0 Å². The van der Waals surface area contributed by atoms with Crippen LogP contribution in [0.3, 0.4) is 0 Å². The molecule has 0 atom stereocenters. The average Bonchev–Trinajstić information content (AvgIpc) is 2.34.